The Hall–Kier alpha value is -0.610. The van der Waals surface area contributed by atoms with Crippen molar-refractivity contribution in [3.8, 4) is 0 Å². The van der Waals surface area contributed by atoms with Crippen LogP contribution < -0.4 is 5.32 Å². The fourth-order valence-corrected chi connectivity index (χ4v) is 2.08. The molecule has 1 heterocycles. The summed E-state index contributed by atoms with van der Waals surface area (Å²) < 4.78 is 4.98. The van der Waals surface area contributed by atoms with Crippen LogP contribution in [0.25, 0.3) is 0 Å². The van der Waals surface area contributed by atoms with E-state index in [0.717, 1.165) is 39.0 Å². The Morgan fingerprint density at radius 1 is 1.50 bits per heavy atom. The van der Waals surface area contributed by atoms with Crippen molar-refractivity contribution in [3.05, 3.63) is 0 Å². The van der Waals surface area contributed by atoms with Crippen LogP contribution in [0.5, 0.6) is 0 Å². The summed E-state index contributed by atoms with van der Waals surface area (Å²) in [7, 11) is 3.57. The molecule has 0 aromatic heterocycles. The van der Waals surface area contributed by atoms with Gasteiger partial charge in [-0.2, -0.15) is 0 Å². The number of ether oxygens (including phenoxy) is 1. The molecule has 1 saturated heterocycles. The van der Waals surface area contributed by atoms with Crippen LogP contribution in [0.2, 0.25) is 0 Å². The Kier molecular flexibility index (Phi) is 5.77. The number of hydrogen-bond donors (Lipinski definition) is 1. The zero-order valence-electron chi connectivity index (χ0n) is 10.7. The maximum atomic E-state index is 12.0. The normalized spacial score (nSPS) is 25.4. The number of carbonyl (C=O) groups excluding carboxylic acids is 1. The van der Waals surface area contributed by atoms with Crippen LogP contribution in [0.3, 0.4) is 0 Å². The van der Waals surface area contributed by atoms with Gasteiger partial charge in [-0.05, 0) is 26.2 Å². The monoisotopic (exact) mass is 228 g/mol. The van der Waals surface area contributed by atoms with Crippen LogP contribution >= 0.6 is 0 Å². The Morgan fingerprint density at radius 3 is 2.81 bits per heavy atom. The molecule has 1 aliphatic rings. The Balaban J connectivity index is 2.27. The molecule has 2 unspecified atom stereocenters. The molecule has 1 fully saturated rings. The third kappa shape index (κ3) is 4.10. The lowest BCUT2D eigenvalue weighted by molar-refractivity contribution is -0.135. The maximum Gasteiger partial charge on any atom is 0.226 e. The molecule has 16 heavy (non-hydrogen) atoms. The van der Waals surface area contributed by atoms with Crippen LogP contribution in [0, 0.1) is 5.92 Å². The molecule has 94 valence electrons. The van der Waals surface area contributed by atoms with E-state index in [2.05, 4.69) is 12.2 Å². The van der Waals surface area contributed by atoms with Crippen molar-refractivity contribution >= 4 is 5.91 Å². The first-order valence-electron chi connectivity index (χ1n) is 6.12. The van der Waals surface area contributed by atoms with Crippen LogP contribution in [-0.2, 0) is 9.53 Å². The topological polar surface area (TPSA) is 41.6 Å². The molecule has 0 radical (unpaired) electrons. The maximum absolute atomic E-state index is 12.0. The van der Waals surface area contributed by atoms with E-state index in [-0.39, 0.29) is 11.8 Å². The molecule has 0 aromatic rings. The van der Waals surface area contributed by atoms with E-state index in [0.29, 0.717) is 6.04 Å². The summed E-state index contributed by atoms with van der Waals surface area (Å²) in [5.74, 6) is 0.444. The van der Waals surface area contributed by atoms with Crippen molar-refractivity contribution in [2.45, 2.75) is 32.2 Å². The van der Waals surface area contributed by atoms with E-state index in [1.54, 1.807) is 7.11 Å². The predicted molar refractivity (Wildman–Crippen MR) is 64.3 cm³/mol. The minimum absolute atomic E-state index is 0.170. The Bertz CT molecular complexity index is 213. The molecule has 1 aliphatic heterocycles. The first kappa shape index (κ1) is 13.5. The largest absolute Gasteiger partial charge is 0.385 e. The lowest BCUT2D eigenvalue weighted by Gasteiger charge is -2.30. The highest BCUT2D eigenvalue weighted by atomic mass is 16.5. The van der Waals surface area contributed by atoms with E-state index >= 15 is 0 Å². The second kappa shape index (κ2) is 6.86. The molecule has 1 N–H and O–H groups in total. The molecular formula is C12H24N2O2. The van der Waals surface area contributed by atoms with E-state index in [4.69, 9.17) is 4.74 Å². The van der Waals surface area contributed by atoms with Gasteiger partial charge in [0.15, 0.2) is 0 Å². The molecule has 4 heteroatoms. The minimum atomic E-state index is 0.170. The molecule has 0 spiro atoms. The van der Waals surface area contributed by atoms with Crippen molar-refractivity contribution in [1.29, 1.82) is 0 Å². The fraction of sp³-hybridized carbons (Fsp3) is 0.917. The van der Waals surface area contributed by atoms with E-state index in [1.165, 1.54) is 0 Å². The van der Waals surface area contributed by atoms with Crippen LogP contribution in [-0.4, -0.2) is 50.7 Å². The Morgan fingerprint density at radius 2 is 2.25 bits per heavy atom. The van der Waals surface area contributed by atoms with Crippen LogP contribution in [0.1, 0.15) is 26.2 Å². The SMILES string of the molecule is COCCCN(C)C(=O)C1CCC(C)NC1. The number of rotatable bonds is 5. The molecule has 1 rings (SSSR count). The number of carbonyl (C=O) groups is 1. The van der Waals surface area contributed by atoms with E-state index in [9.17, 15) is 4.79 Å². The number of amides is 1. The minimum Gasteiger partial charge on any atom is -0.385 e. The first-order valence-corrected chi connectivity index (χ1v) is 6.12. The lowest BCUT2D eigenvalue weighted by atomic mass is 9.94. The van der Waals surface area contributed by atoms with Gasteiger partial charge in [-0.25, -0.2) is 0 Å². The molecular weight excluding hydrogens is 204 g/mol. The van der Waals surface area contributed by atoms with E-state index < -0.39 is 0 Å². The van der Waals surface area contributed by atoms with Gasteiger partial charge in [0, 0.05) is 39.9 Å². The van der Waals surface area contributed by atoms with Crippen molar-refractivity contribution in [1.82, 2.24) is 10.2 Å². The van der Waals surface area contributed by atoms with Crippen molar-refractivity contribution in [2.75, 3.05) is 33.9 Å². The zero-order valence-corrected chi connectivity index (χ0v) is 10.7. The summed E-state index contributed by atoms with van der Waals surface area (Å²) in [4.78, 5) is 13.9. The summed E-state index contributed by atoms with van der Waals surface area (Å²) in [6, 6.07) is 0.558. The van der Waals surface area contributed by atoms with Crippen molar-refractivity contribution < 1.29 is 9.53 Å². The van der Waals surface area contributed by atoms with Gasteiger partial charge in [0.1, 0.15) is 0 Å². The number of nitrogens with zero attached hydrogens (tertiary/aromatic N) is 1. The highest BCUT2D eigenvalue weighted by molar-refractivity contribution is 5.78. The number of methoxy groups -OCH3 is 1. The number of piperidine rings is 1. The standard InChI is InChI=1S/C12H24N2O2/c1-10-5-6-11(9-13-10)12(15)14(2)7-4-8-16-3/h10-11,13H,4-9H2,1-3H3. The van der Waals surface area contributed by atoms with Gasteiger partial charge in [0.05, 0.1) is 5.92 Å². The molecule has 0 aromatic carbocycles. The van der Waals surface area contributed by atoms with Gasteiger partial charge in [-0.15, -0.1) is 0 Å². The third-order valence-electron chi connectivity index (χ3n) is 3.23. The summed E-state index contributed by atoms with van der Waals surface area (Å²) >= 11 is 0. The lowest BCUT2D eigenvalue weighted by Crippen LogP contribution is -2.44. The first-order chi connectivity index (χ1) is 7.65. The number of hydrogen-bond acceptors (Lipinski definition) is 3. The summed E-state index contributed by atoms with van der Waals surface area (Å²) in [5.41, 5.74) is 0. The van der Waals surface area contributed by atoms with Crippen molar-refractivity contribution in [3.63, 3.8) is 0 Å². The van der Waals surface area contributed by atoms with Gasteiger partial charge < -0.3 is 15.0 Å². The van der Waals surface area contributed by atoms with Gasteiger partial charge in [-0.1, -0.05) is 0 Å². The second-order valence-corrected chi connectivity index (χ2v) is 4.69. The molecule has 0 saturated carbocycles. The average Bonchev–Trinajstić information content (AvgIpc) is 2.29. The zero-order chi connectivity index (χ0) is 12.0. The highest BCUT2D eigenvalue weighted by Crippen LogP contribution is 2.16. The van der Waals surface area contributed by atoms with Gasteiger partial charge in [-0.3, -0.25) is 4.79 Å². The highest BCUT2D eigenvalue weighted by Gasteiger charge is 2.25. The van der Waals surface area contributed by atoms with Crippen molar-refractivity contribution in [2.24, 2.45) is 5.92 Å². The smallest absolute Gasteiger partial charge is 0.226 e. The number of nitrogens with one attached hydrogen (secondary N) is 1. The van der Waals surface area contributed by atoms with Gasteiger partial charge in [0.25, 0.3) is 0 Å². The summed E-state index contributed by atoms with van der Waals surface area (Å²) in [5, 5.41) is 3.36. The third-order valence-corrected chi connectivity index (χ3v) is 3.23. The van der Waals surface area contributed by atoms with E-state index in [1.807, 2.05) is 11.9 Å². The van der Waals surface area contributed by atoms with Crippen LogP contribution in [0.4, 0.5) is 0 Å². The van der Waals surface area contributed by atoms with Gasteiger partial charge in [0.2, 0.25) is 5.91 Å². The van der Waals surface area contributed by atoms with Gasteiger partial charge >= 0.3 is 0 Å². The average molecular weight is 228 g/mol. The fourth-order valence-electron chi connectivity index (χ4n) is 2.08. The summed E-state index contributed by atoms with van der Waals surface area (Å²) in [6.07, 6.45) is 3.03. The molecule has 2 atom stereocenters. The molecule has 0 aliphatic carbocycles. The van der Waals surface area contributed by atoms with Crippen LogP contribution in [0.15, 0.2) is 0 Å². The summed E-state index contributed by atoms with van der Waals surface area (Å²) in [6.45, 7) is 4.51. The quantitative estimate of drug-likeness (QED) is 0.710. The molecule has 0 bridgehead atoms. The second-order valence-electron chi connectivity index (χ2n) is 4.69. The molecule has 1 amide bonds. The predicted octanol–water partition coefficient (Wildman–Crippen LogP) is 0.869. The Labute approximate surface area is 98.3 Å². The molecule has 4 nitrogen and oxygen atoms in total.